The van der Waals surface area contributed by atoms with E-state index in [1.807, 2.05) is 24.3 Å². The summed E-state index contributed by atoms with van der Waals surface area (Å²) in [4.78, 5) is 73.6. The summed E-state index contributed by atoms with van der Waals surface area (Å²) < 4.78 is 0. The van der Waals surface area contributed by atoms with Gasteiger partial charge in [-0.15, -0.1) is 10.2 Å². The van der Waals surface area contributed by atoms with Gasteiger partial charge in [-0.3, -0.25) is 39.1 Å². The number of halogens is 1. The Labute approximate surface area is 329 Å². The Morgan fingerprint density at radius 2 is 1.46 bits per heavy atom. The first-order valence-corrected chi connectivity index (χ1v) is 19.7. The number of benzene rings is 2. The van der Waals surface area contributed by atoms with Crippen LogP contribution in [0.5, 0.6) is 0 Å². The Morgan fingerprint density at radius 1 is 0.786 bits per heavy atom. The maximum absolute atomic E-state index is 13.3. The van der Waals surface area contributed by atoms with E-state index in [4.69, 9.17) is 16.9 Å². The monoisotopic (exact) mass is 778 g/mol. The van der Waals surface area contributed by atoms with E-state index >= 15 is 0 Å². The number of nitrogens with zero attached hydrogens (tertiary/aromatic N) is 8. The molecule has 6 heterocycles. The highest BCUT2D eigenvalue weighted by atomic mass is 35.5. The number of rotatable bonds is 8. The van der Waals surface area contributed by atoms with Crippen LogP contribution in [0.2, 0.25) is 5.02 Å². The zero-order valence-corrected chi connectivity index (χ0v) is 31.7. The van der Waals surface area contributed by atoms with Crippen LogP contribution < -0.4 is 25.3 Å². The van der Waals surface area contributed by atoms with E-state index in [0.29, 0.717) is 27.8 Å². The van der Waals surface area contributed by atoms with Crippen LogP contribution >= 0.6 is 11.6 Å². The number of anilines is 3. The molecule has 0 spiro atoms. The Balaban J connectivity index is 0.764. The predicted molar refractivity (Wildman–Crippen MR) is 208 cm³/mol. The van der Waals surface area contributed by atoms with Gasteiger partial charge in [-0.2, -0.15) is 5.26 Å². The minimum Gasteiger partial charge on any atom is -0.371 e. The van der Waals surface area contributed by atoms with Gasteiger partial charge in [0.1, 0.15) is 12.1 Å². The number of amides is 5. The van der Waals surface area contributed by atoms with Gasteiger partial charge in [0, 0.05) is 82.7 Å². The number of piperidine rings is 3. The molecule has 5 amide bonds. The van der Waals surface area contributed by atoms with Gasteiger partial charge in [0.25, 0.3) is 17.7 Å². The van der Waals surface area contributed by atoms with Crippen molar-refractivity contribution in [2.75, 3.05) is 73.6 Å². The number of carbonyl (C=O) groups is 5. The average molecular weight is 779 g/mol. The van der Waals surface area contributed by atoms with E-state index < -0.39 is 29.7 Å². The zero-order valence-electron chi connectivity index (χ0n) is 31.0. The number of hydrogen-bond donors (Lipinski definition) is 2. The summed E-state index contributed by atoms with van der Waals surface area (Å²) in [5.41, 5.74) is 3.20. The van der Waals surface area contributed by atoms with Crippen molar-refractivity contribution in [2.45, 2.75) is 50.6 Å². The molecule has 5 aliphatic heterocycles. The Morgan fingerprint density at radius 3 is 2.14 bits per heavy atom. The van der Waals surface area contributed by atoms with Gasteiger partial charge < -0.3 is 20.0 Å². The second-order valence-electron chi connectivity index (χ2n) is 15.2. The summed E-state index contributed by atoms with van der Waals surface area (Å²) >= 11 is 6.23. The van der Waals surface area contributed by atoms with Crippen LogP contribution in [0.1, 0.15) is 75.3 Å². The molecule has 4 fully saturated rings. The molecule has 15 nitrogen and oxygen atoms in total. The Kier molecular flexibility index (Phi) is 10.6. The van der Waals surface area contributed by atoms with E-state index in [1.54, 1.807) is 24.3 Å². The molecule has 16 heteroatoms. The molecule has 1 atom stereocenters. The second kappa shape index (κ2) is 15.9. The number of aromatic nitrogens is 2. The zero-order chi connectivity index (χ0) is 38.9. The SMILES string of the molecule is N#Cc1ccc(N2CCC(NC(=O)c3ccc(N4CCC(CN5CCN(c6ccc7c(c6)C(=O)N(C6CCC(=O)NC6=O)C7=O)CC5)CC4)nn3)CC2)cc1Cl. The third-order valence-corrected chi connectivity index (χ3v) is 12.1. The highest BCUT2D eigenvalue weighted by Gasteiger charge is 2.45. The van der Waals surface area contributed by atoms with Gasteiger partial charge in [0.05, 0.1) is 21.7 Å². The Hall–Kier alpha value is -5.59. The normalized spacial score (nSPS) is 21.2. The van der Waals surface area contributed by atoms with E-state index in [0.717, 1.165) is 107 Å². The molecule has 0 saturated carbocycles. The van der Waals surface area contributed by atoms with E-state index in [9.17, 15) is 24.0 Å². The predicted octanol–water partition coefficient (Wildman–Crippen LogP) is 2.84. The van der Waals surface area contributed by atoms with Crippen LogP contribution in [-0.2, 0) is 9.59 Å². The second-order valence-corrected chi connectivity index (χ2v) is 15.6. The lowest BCUT2D eigenvalue weighted by Crippen LogP contribution is -2.54. The highest BCUT2D eigenvalue weighted by Crippen LogP contribution is 2.32. The summed E-state index contributed by atoms with van der Waals surface area (Å²) in [5, 5.41) is 23.6. The van der Waals surface area contributed by atoms with Crippen LogP contribution in [0, 0.1) is 17.2 Å². The van der Waals surface area contributed by atoms with Gasteiger partial charge in [-0.05, 0) is 86.6 Å². The van der Waals surface area contributed by atoms with Crippen molar-refractivity contribution < 1.29 is 24.0 Å². The van der Waals surface area contributed by atoms with Crippen molar-refractivity contribution in [3.8, 4) is 6.07 Å². The number of imide groups is 2. The molecule has 56 heavy (non-hydrogen) atoms. The maximum Gasteiger partial charge on any atom is 0.272 e. The van der Waals surface area contributed by atoms with Gasteiger partial charge in [-0.1, -0.05) is 11.6 Å². The first-order chi connectivity index (χ1) is 27.1. The fraction of sp³-hybridized carbons (Fsp3) is 0.450. The lowest BCUT2D eigenvalue weighted by Gasteiger charge is -2.39. The molecule has 2 aromatic carbocycles. The molecule has 8 rings (SSSR count). The van der Waals surface area contributed by atoms with Crippen LogP contribution in [-0.4, -0.2) is 121 Å². The number of fused-ring (bicyclic) bond motifs is 1. The lowest BCUT2D eigenvalue weighted by atomic mass is 9.96. The molecule has 5 aliphatic rings. The molecule has 0 bridgehead atoms. The van der Waals surface area contributed by atoms with Crippen molar-refractivity contribution in [1.29, 1.82) is 5.26 Å². The van der Waals surface area contributed by atoms with Gasteiger partial charge in [0.15, 0.2) is 11.5 Å². The van der Waals surface area contributed by atoms with Crippen molar-refractivity contribution >= 4 is 58.3 Å². The fourth-order valence-corrected chi connectivity index (χ4v) is 8.72. The van der Waals surface area contributed by atoms with E-state index in [1.165, 1.54) is 0 Å². The Bertz CT molecular complexity index is 2080. The third-order valence-electron chi connectivity index (χ3n) is 11.8. The molecule has 1 aromatic heterocycles. The first-order valence-electron chi connectivity index (χ1n) is 19.3. The lowest BCUT2D eigenvalue weighted by molar-refractivity contribution is -0.136. The van der Waals surface area contributed by atoms with Crippen molar-refractivity contribution in [3.63, 3.8) is 0 Å². The quantitative estimate of drug-likeness (QED) is 0.321. The van der Waals surface area contributed by atoms with Gasteiger partial charge in [-0.25, -0.2) is 0 Å². The van der Waals surface area contributed by atoms with Gasteiger partial charge in [0.2, 0.25) is 11.8 Å². The molecular formula is C40H43ClN10O5. The molecule has 0 radical (unpaired) electrons. The minimum absolute atomic E-state index is 0.0349. The number of nitrogens with one attached hydrogen (secondary N) is 2. The molecule has 3 aromatic rings. The third kappa shape index (κ3) is 7.63. The molecule has 0 aliphatic carbocycles. The molecule has 2 N–H and O–H groups in total. The number of nitriles is 1. The molecule has 4 saturated heterocycles. The first kappa shape index (κ1) is 37.3. The summed E-state index contributed by atoms with van der Waals surface area (Å²) in [5.74, 6) is -0.884. The summed E-state index contributed by atoms with van der Waals surface area (Å²) in [6.45, 7) is 7.62. The van der Waals surface area contributed by atoms with Crippen LogP contribution in [0.25, 0.3) is 0 Å². The van der Waals surface area contributed by atoms with Crippen molar-refractivity contribution in [3.05, 3.63) is 75.9 Å². The van der Waals surface area contributed by atoms with Crippen molar-refractivity contribution in [2.24, 2.45) is 5.92 Å². The smallest absolute Gasteiger partial charge is 0.272 e. The summed E-state index contributed by atoms with van der Waals surface area (Å²) in [6, 6.07) is 15.5. The number of carbonyl (C=O) groups excluding carboxylic acids is 5. The molecule has 1 unspecified atom stereocenters. The maximum atomic E-state index is 13.3. The fourth-order valence-electron chi connectivity index (χ4n) is 8.50. The molecular weight excluding hydrogens is 736 g/mol. The number of hydrogen-bond acceptors (Lipinski definition) is 12. The van der Waals surface area contributed by atoms with Crippen LogP contribution in [0.15, 0.2) is 48.5 Å². The van der Waals surface area contributed by atoms with E-state index in [-0.39, 0.29) is 30.4 Å². The minimum atomic E-state index is -0.976. The average Bonchev–Trinajstić information content (AvgIpc) is 3.46. The highest BCUT2D eigenvalue weighted by molar-refractivity contribution is 6.32. The van der Waals surface area contributed by atoms with Crippen LogP contribution in [0.4, 0.5) is 17.2 Å². The van der Waals surface area contributed by atoms with E-state index in [2.05, 4.69) is 46.5 Å². The largest absolute Gasteiger partial charge is 0.371 e. The number of piperazine rings is 1. The summed E-state index contributed by atoms with van der Waals surface area (Å²) in [7, 11) is 0. The van der Waals surface area contributed by atoms with Crippen molar-refractivity contribution in [1.82, 2.24) is 30.6 Å². The topological polar surface area (TPSA) is 175 Å². The standard InChI is InChI=1S/C40H43ClN10O5/c41-32-22-29(2-1-26(32)23-42)48-15-11-27(12-16-48)43-37(53)33-5-7-35(46-45-33)50-13-9-25(10-14-50)24-47-17-19-49(20-18-47)28-3-4-30-31(21-28)40(56)51(39(30)55)34-6-8-36(52)44-38(34)54/h1-5,7,21-22,25,27,34H,6,8-20,24H2,(H,43,53)(H,44,52,54). The molecule has 290 valence electrons. The van der Waals surface area contributed by atoms with Gasteiger partial charge >= 0.3 is 0 Å². The van der Waals surface area contributed by atoms with Crippen LogP contribution in [0.3, 0.4) is 0 Å². The summed E-state index contributed by atoms with van der Waals surface area (Å²) in [6.07, 6.45) is 3.85.